The number of aromatic nitrogens is 2. The van der Waals surface area contributed by atoms with Crippen molar-refractivity contribution in [1.82, 2.24) is 4.98 Å². The summed E-state index contributed by atoms with van der Waals surface area (Å²) in [5.41, 5.74) is 5.32. The molecular formula is C20H17F2N2O+. The number of hydrogen-bond donors (Lipinski definition) is 0. The second-order valence-electron chi connectivity index (χ2n) is 6.50. The lowest BCUT2D eigenvalue weighted by atomic mass is 9.97. The van der Waals surface area contributed by atoms with E-state index in [4.69, 9.17) is 4.42 Å². The molecule has 126 valence electrons. The third-order valence-corrected chi connectivity index (χ3v) is 4.57. The highest BCUT2D eigenvalue weighted by atomic mass is 19.1. The molecule has 1 aromatic carbocycles. The number of halogens is 2. The topological polar surface area (TPSA) is 29.9 Å². The summed E-state index contributed by atoms with van der Waals surface area (Å²) in [6.07, 6.45) is 2.02. The molecule has 3 nitrogen and oxygen atoms in total. The number of hydrogen-bond acceptors (Lipinski definition) is 2. The monoisotopic (exact) mass is 339 g/mol. The van der Waals surface area contributed by atoms with Crippen LogP contribution in [0.15, 0.2) is 34.9 Å². The van der Waals surface area contributed by atoms with Crippen LogP contribution in [0.1, 0.15) is 16.7 Å². The number of fused-ring (bicyclic) bond motifs is 3. The predicted octanol–water partition coefficient (Wildman–Crippen LogP) is 4.68. The van der Waals surface area contributed by atoms with Crippen LogP contribution in [-0.4, -0.2) is 4.98 Å². The van der Waals surface area contributed by atoms with E-state index >= 15 is 0 Å². The number of benzene rings is 1. The summed E-state index contributed by atoms with van der Waals surface area (Å²) in [5.74, 6) is -1.55. The van der Waals surface area contributed by atoms with E-state index in [1.807, 2.05) is 56.8 Å². The van der Waals surface area contributed by atoms with Gasteiger partial charge in [0.05, 0.1) is 10.9 Å². The highest BCUT2D eigenvalue weighted by Crippen LogP contribution is 2.39. The van der Waals surface area contributed by atoms with Crippen LogP contribution in [0, 0.1) is 32.5 Å². The number of furan rings is 1. The van der Waals surface area contributed by atoms with Crippen molar-refractivity contribution in [3.8, 4) is 11.3 Å². The Kier molecular flexibility index (Phi) is 3.35. The maximum absolute atomic E-state index is 14.4. The first-order valence-corrected chi connectivity index (χ1v) is 8.02. The summed E-state index contributed by atoms with van der Waals surface area (Å²) in [6.45, 7) is 5.90. The van der Waals surface area contributed by atoms with Crippen molar-refractivity contribution in [1.29, 1.82) is 0 Å². The van der Waals surface area contributed by atoms with Gasteiger partial charge in [-0.25, -0.2) is 8.96 Å². The van der Waals surface area contributed by atoms with Crippen molar-refractivity contribution in [2.45, 2.75) is 20.8 Å². The molecule has 0 bridgehead atoms. The van der Waals surface area contributed by atoms with Crippen molar-refractivity contribution in [2.75, 3.05) is 0 Å². The van der Waals surface area contributed by atoms with Gasteiger partial charge in [-0.1, -0.05) is 6.07 Å². The van der Waals surface area contributed by atoms with E-state index in [-0.39, 0.29) is 11.1 Å². The van der Waals surface area contributed by atoms with Crippen LogP contribution < -0.4 is 4.57 Å². The van der Waals surface area contributed by atoms with Crippen LogP contribution in [0.3, 0.4) is 0 Å². The van der Waals surface area contributed by atoms with Gasteiger partial charge in [0, 0.05) is 23.1 Å². The summed E-state index contributed by atoms with van der Waals surface area (Å²) < 4.78 is 35.8. The van der Waals surface area contributed by atoms with Gasteiger partial charge in [0.1, 0.15) is 12.9 Å². The van der Waals surface area contributed by atoms with Crippen LogP contribution in [0.2, 0.25) is 0 Å². The Morgan fingerprint density at radius 1 is 1.00 bits per heavy atom. The smallest absolute Gasteiger partial charge is 0.232 e. The fourth-order valence-electron chi connectivity index (χ4n) is 3.55. The zero-order chi connectivity index (χ0) is 17.9. The molecular weight excluding hydrogens is 322 g/mol. The molecule has 0 aliphatic heterocycles. The summed E-state index contributed by atoms with van der Waals surface area (Å²) in [7, 11) is 1.95. The number of pyridine rings is 2. The molecule has 0 spiro atoms. The first-order chi connectivity index (χ1) is 11.9. The molecule has 3 aromatic heterocycles. The Balaban J connectivity index is 2.20. The van der Waals surface area contributed by atoms with Gasteiger partial charge in [-0.3, -0.25) is 0 Å². The van der Waals surface area contributed by atoms with Gasteiger partial charge in [-0.2, -0.15) is 9.37 Å². The molecule has 0 amide bonds. The minimum atomic E-state index is -0.888. The summed E-state index contributed by atoms with van der Waals surface area (Å²) in [5, 5.41) is 0.867. The number of aryl methyl sites for hydroxylation is 4. The first-order valence-electron chi connectivity index (χ1n) is 8.02. The third-order valence-electron chi connectivity index (χ3n) is 4.57. The Bertz CT molecular complexity index is 1160. The molecule has 0 saturated heterocycles. The van der Waals surface area contributed by atoms with Crippen LogP contribution >= 0.6 is 0 Å². The molecule has 0 aliphatic rings. The standard InChI is InChI=1S/C20H17F2N2O/c1-10-5-6-14(24(4)9-10)16-11(2)7-12(3)17-18-13(21)8-15(22)23-20(18)25-19(16)17/h5-9H,1-4H3/q+1. The van der Waals surface area contributed by atoms with Crippen LogP contribution in [0.25, 0.3) is 33.3 Å². The highest BCUT2D eigenvalue weighted by molar-refractivity contribution is 6.10. The van der Waals surface area contributed by atoms with E-state index in [0.717, 1.165) is 34.0 Å². The van der Waals surface area contributed by atoms with Gasteiger partial charge in [0.15, 0.2) is 11.8 Å². The molecule has 4 rings (SSSR count). The van der Waals surface area contributed by atoms with Crippen LogP contribution in [0.4, 0.5) is 8.78 Å². The van der Waals surface area contributed by atoms with Gasteiger partial charge >= 0.3 is 0 Å². The van der Waals surface area contributed by atoms with E-state index in [9.17, 15) is 8.78 Å². The van der Waals surface area contributed by atoms with Crippen LogP contribution in [0.5, 0.6) is 0 Å². The van der Waals surface area contributed by atoms with E-state index in [1.54, 1.807) is 0 Å². The molecule has 25 heavy (non-hydrogen) atoms. The summed E-state index contributed by atoms with van der Waals surface area (Å²) in [6, 6.07) is 6.81. The Morgan fingerprint density at radius 2 is 1.76 bits per heavy atom. The van der Waals surface area contributed by atoms with Crippen molar-refractivity contribution in [3.05, 3.63) is 58.9 Å². The van der Waals surface area contributed by atoms with E-state index in [2.05, 4.69) is 4.98 Å². The molecule has 4 aromatic rings. The average molecular weight is 339 g/mol. The van der Waals surface area contributed by atoms with Crippen molar-refractivity contribution in [2.24, 2.45) is 7.05 Å². The maximum atomic E-state index is 14.4. The molecule has 0 aliphatic carbocycles. The molecule has 0 atom stereocenters. The Labute approximate surface area is 143 Å². The maximum Gasteiger partial charge on any atom is 0.232 e. The van der Waals surface area contributed by atoms with Crippen molar-refractivity contribution < 1.29 is 17.8 Å². The Morgan fingerprint density at radius 3 is 2.48 bits per heavy atom. The van der Waals surface area contributed by atoms with Crippen molar-refractivity contribution in [3.63, 3.8) is 0 Å². The normalized spacial score (nSPS) is 11.6. The van der Waals surface area contributed by atoms with Crippen LogP contribution in [-0.2, 0) is 7.05 Å². The fraction of sp³-hybridized carbons (Fsp3) is 0.200. The first kappa shape index (κ1) is 15.7. The number of nitrogens with zero attached hydrogens (tertiary/aromatic N) is 2. The molecule has 0 unspecified atom stereocenters. The van der Waals surface area contributed by atoms with Gasteiger partial charge in [0.2, 0.25) is 17.4 Å². The van der Waals surface area contributed by atoms with Gasteiger partial charge in [-0.15, -0.1) is 0 Å². The fourth-order valence-corrected chi connectivity index (χ4v) is 3.55. The largest absolute Gasteiger partial charge is 0.437 e. The lowest BCUT2D eigenvalue weighted by Gasteiger charge is -2.08. The summed E-state index contributed by atoms with van der Waals surface area (Å²) in [4.78, 5) is 3.74. The van der Waals surface area contributed by atoms with Crippen molar-refractivity contribution >= 4 is 22.1 Å². The molecule has 0 fully saturated rings. The van der Waals surface area contributed by atoms with E-state index in [0.29, 0.717) is 11.0 Å². The zero-order valence-corrected chi connectivity index (χ0v) is 14.4. The highest BCUT2D eigenvalue weighted by Gasteiger charge is 2.24. The average Bonchev–Trinajstić information content (AvgIpc) is 2.88. The zero-order valence-electron chi connectivity index (χ0n) is 14.4. The van der Waals surface area contributed by atoms with Gasteiger partial charge in [-0.05, 0) is 38.0 Å². The SMILES string of the molecule is Cc1ccc(-c2c(C)cc(C)c3c2oc2nc(F)cc(F)c23)[n+](C)c1. The molecule has 0 saturated carbocycles. The minimum absolute atomic E-state index is 0.0165. The quantitative estimate of drug-likeness (QED) is 0.372. The molecule has 5 heteroatoms. The third kappa shape index (κ3) is 2.30. The molecule has 0 radical (unpaired) electrons. The molecule has 3 heterocycles. The van der Waals surface area contributed by atoms with E-state index in [1.165, 1.54) is 0 Å². The predicted molar refractivity (Wildman–Crippen MR) is 92.3 cm³/mol. The second-order valence-corrected chi connectivity index (χ2v) is 6.50. The van der Waals surface area contributed by atoms with Gasteiger partial charge in [0.25, 0.3) is 0 Å². The molecule has 0 N–H and O–H groups in total. The van der Waals surface area contributed by atoms with E-state index < -0.39 is 11.8 Å². The lowest BCUT2D eigenvalue weighted by molar-refractivity contribution is -0.660. The second kappa shape index (κ2) is 5.34. The summed E-state index contributed by atoms with van der Waals surface area (Å²) >= 11 is 0. The minimum Gasteiger partial charge on any atom is -0.437 e. The lowest BCUT2D eigenvalue weighted by Crippen LogP contribution is -2.31. The van der Waals surface area contributed by atoms with Gasteiger partial charge < -0.3 is 4.42 Å². The number of rotatable bonds is 1. The Hall–Kier alpha value is -2.82.